The number of carbonyl (C=O) groups is 1. The Balaban J connectivity index is 1.73. The van der Waals surface area contributed by atoms with E-state index in [-0.39, 0.29) is 5.76 Å². The van der Waals surface area contributed by atoms with Gasteiger partial charge in [0.15, 0.2) is 17.1 Å². The predicted octanol–water partition coefficient (Wildman–Crippen LogP) is 3.71. The number of hydrogen-bond acceptors (Lipinski definition) is 5. The Morgan fingerprint density at radius 3 is 2.86 bits per heavy atom. The predicted molar refractivity (Wildman–Crippen MR) is 81.5 cm³/mol. The maximum Gasteiger partial charge on any atom is 0.216 e. The summed E-state index contributed by atoms with van der Waals surface area (Å²) < 4.78 is 6.06. The van der Waals surface area contributed by atoms with Crippen LogP contribution in [0.1, 0.15) is 21.9 Å². The van der Waals surface area contributed by atoms with Gasteiger partial charge in [-0.25, -0.2) is 4.98 Å². The second-order valence-electron chi connectivity index (χ2n) is 4.23. The average Bonchev–Trinajstić information content (AvgIpc) is 3.08. The molecule has 3 aromatic rings. The zero-order valence-electron chi connectivity index (χ0n) is 10.7. The van der Waals surface area contributed by atoms with E-state index in [1.807, 2.05) is 30.3 Å². The fourth-order valence-electron chi connectivity index (χ4n) is 1.77. The maximum absolute atomic E-state index is 10.7. The molecule has 0 spiro atoms. The van der Waals surface area contributed by atoms with Gasteiger partial charge in [-0.1, -0.05) is 30.3 Å². The lowest BCUT2D eigenvalue weighted by molar-refractivity contribution is 0.109. The van der Waals surface area contributed by atoms with Crippen molar-refractivity contribution in [1.29, 1.82) is 0 Å². The number of furan rings is 1. The number of benzene rings is 1. The zero-order chi connectivity index (χ0) is 14.7. The third-order valence-corrected chi connectivity index (χ3v) is 4.41. The highest BCUT2D eigenvalue weighted by atomic mass is 79.9. The zero-order valence-corrected chi connectivity index (χ0v) is 13.1. The number of halogens is 1. The van der Waals surface area contributed by atoms with E-state index in [4.69, 9.17) is 4.42 Å². The van der Waals surface area contributed by atoms with Gasteiger partial charge in [-0.2, -0.15) is 0 Å². The molecule has 1 aromatic carbocycles. The van der Waals surface area contributed by atoms with E-state index in [1.54, 1.807) is 6.07 Å². The first-order chi connectivity index (χ1) is 10.2. The van der Waals surface area contributed by atoms with E-state index in [2.05, 4.69) is 31.1 Å². The lowest BCUT2D eigenvalue weighted by Gasteiger charge is -1.95. The molecule has 0 saturated carbocycles. The van der Waals surface area contributed by atoms with Crippen molar-refractivity contribution in [2.75, 3.05) is 0 Å². The fraction of sp³-hybridized carbons (Fsp3) is 0.0714. The molecule has 7 heteroatoms. The SMILES string of the molecule is O=Cc1cc(Br)c(Sc2n[nH]c(Cc3ccccc3)n2)o1. The summed E-state index contributed by atoms with van der Waals surface area (Å²) in [5.41, 5.74) is 1.16. The Labute approximate surface area is 133 Å². The van der Waals surface area contributed by atoms with Gasteiger partial charge in [0.2, 0.25) is 5.16 Å². The van der Waals surface area contributed by atoms with E-state index in [0.717, 1.165) is 11.4 Å². The first kappa shape index (κ1) is 14.1. The minimum atomic E-state index is 0.268. The third-order valence-electron chi connectivity index (χ3n) is 2.70. The van der Waals surface area contributed by atoms with Crippen molar-refractivity contribution >= 4 is 34.0 Å². The van der Waals surface area contributed by atoms with Crippen molar-refractivity contribution in [2.24, 2.45) is 0 Å². The summed E-state index contributed by atoms with van der Waals surface area (Å²) in [5, 5.41) is 8.16. The molecule has 0 radical (unpaired) electrons. The number of nitrogens with one attached hydrogen (secondary N) is 1. The van der Waals surface area contributed by atoms with Gasteiger partial charge in [0, 0.05) is 12.5 Å². The molecule has 0 atom stereocenters. The molecule has 0 aliphatic heterocycles. The summed E-state index contributed by atoms with van der Waals surface area (Å²) in [6, 6.07) is 11.6. The number of H-pyrrole nitrogens is 1. The molecule has 0 aliphatic rings. The Morgan fingerprint density at radius 1 is 1.33 bits per heavy atom. The molecular formula is C14H10BrN3O2S. The number of aldehydes is 1. The Kier molecular flexibility index (Phi) is 4.21. The van der Waals surface area contributed by atoms with Crippen LogP contribution >= 0.6 is 27.7 Å². The largest absolute Gasteiger partial charge is 0.445 e. The number of rotatable bonds is 5. The first-order valence-electron chi connectivity index (χ1n) is 6.12. The smallest absolute Gasteiger partial charge is 0.216 e. The van der Waals surface area contributed by atoms with Gasteiger partial charge in [0.05, 0.1) is 4.47 Å². The number of hydrogen-bond donors (Lipinski definition) is 1. The highest BCUT2D eigenvalue weighted by Crippen LogP contribution is 2.33. The summed E-state index contributed by atoms with van der Waals surface area (Å²) >= 11 is 4.59. The summed E-state index contributed by atoms with van der Waals surface area (Å²) in [7, 11) is 0. The fourth-order valence-corrected chi connectivity index (χ4v) is 3.03. The van der Waals surface area contributed by atoms with Gasteiger partial charge in [-0.3, -0.25) is 9.89 Å². The minimum Gasteiger partial charge on any atom is -0.445 e. The number of aromatic nitrogens is 3. The molecule has 0 aliphatic carbocycles. The Morgan fingerprint density at radius 2 is 2.14 bits per heavy atom. The normalized spacial score (nSPS) is 10.7. The number of carbonyl (C=O) groups excluding carboxylic acids is 1. The first-order valence-corrected chi connectivity index (χ1v) is 7.73. The summed E-state index contributed by atoms with van der Waals surface area (Å²) in [5.74, 6) is 1.05. The van der Waals surface area contributed by atoms with E-state index in [1.165, 1.54) is 11.8 Å². The molecule has 0 bridgehead atoms. The number of nitrogens with zero attached hydrogens (tertiary/aromatic N) is 2. The highest BCUT2D eigenvalue weighted by molar-refractivity contribution is 9.10. The Hall–Kier alpha value is -1.86. The molecule has 3 rings (SSSR count). The highest BCUT2D eigenvalue weighted by Gasteiger charge is 2.13. The molecule has 5 nitrogen and oxygen atoms in total. The van der Waals surface area contributed by atoms with Gasteiger partial charge in [0.25, 0.3) is 0 Å². The molecule has 0 fully saturated rings. The topological polar surface area (TPSA) is 71.8 Å². The van der Waals surface area contributed by atoms with Crippen LogP contribution in [0, 0.1) is 0 Å². The molecule has 2 aromatic heterocycles. The molecule has 0 unspecified atom stereocenters. The molecule has 21 heavy (non-hydrogen) atoms. The average molecular weight is 364 g/mol. The minimum absolute atomic E-state index is 0.268. The van der Waals surface area contributed by atoms with Gasteiger partial charge < -0.3 is 4.42 Å². The van der Waals surface area contributed by atoms with Crippen LogP contribution in [0.3, 0.4) is 0 Å². The molecule has 0 amide bonds. The molecule has 2 heterocycles. The van der Waals surface area contributed by atoms with Crippen LogP contribution < -0.4 is 0 Å². The van der Waals surface area contributed by atoms with Crippen molar-refractivity contribution in [3.05, 3.63) is 58.0 Å². The van der Waals surface area contributed by atoms with Crippen molar-refractivity contribution in [3.63, 3.8) is 0 Å². The monoisotopic (exact) mass is 363 g/mol. The third kappa shape index (κ3) is 3.43. The van der Waals surface area contributed by atoms with Crippen LogP contribution in [-0.4, -0.2) is 21.5 Å². The van der Waals surface area contributed by atoms with E-state index >= 15 is 0 Å². The summed E-state index contributed by atoms with van der Waals surface area (Å²) in [6.45, 7) is 0. The molecule has 1 N–H and O–H groups in total. The quantitative estimate of drug-likeness (QED) is 0.699. The van der Waals surface area contributed by atoms with E-state index < -0.39 is 0 Å². The molecular weight excluding hydrogens is 354 g/mol. The Bertz CT molecular complexity index is 755. The molecule has 106 valence electrons. The van der Waals surface area contributed by atoms with Crippen molar-refractivity contribution < 1.29 is 9.21 Å². The van der Waals surface area contributed by atoms with E-state index in [0.29, 0.717) is 27.4 Å². The lowest BCUT2D eigenvalue weighted by atomic mass is 10.1. The maximum atomic E-state index is 10.7. The van der Waals surface area contributed by atoms with Gasteiger partial charge in [-0.15, -0.1) is 5.10 Å². The lowest BCUT2D eigenvalue weighted by Crippen LogP contribution is -1.89. The standard InChI is InChI=1S/C14H10BrN3O2S/c15-11-7-10(8-19)20-13(11)21-14-16-12(17-18-14)6-9-4-2-1-3-5-9/h1-5,7-8H,6H2,(H,16,17,18). The summed E-state index contributed by atoms with van der Waals surface area (Å²) in [6.07, 6.45) is 1.35. The van der Waals surface area contributed by atoms with Crippen LogP contribution in [0.2, 0.25) is 0 Å². The van der Waals surface area contributed by atoms with E-state index in [9.17, 15) is 4.79 Å². The second-order valence-corrected chi connectivity index (χ2v) is 6.03. The van der Waals surface area contributed by atoms with Gasteiger partial charge in [0.1, 0.15) is 5.82 Å². The second kappa shape index (κ2) is 6.28. The summed E-state index contributed by atoms with van der Waals surface area (Å²) in [4.78, 5) is 15.1. The van der Waals surface area contributed by atoms with Crippen LogP contribution in [0.15, 0.2) is 55.5 Å². The number of aromatic amines is 1. The van der Waals surface area contributed by atoms with Gasteiger partial charge in [-0.05, 0) is 33.3 Å². The van der Waals surface area contributed by atoms with Crippen LogP contribution in [0.25, 0.3) is 0 Å². The van der Waals surface area contributed by atoms with Crippen molar-refractivity contribution in [2.45, 2.75) is 16.7 Å². The van der Waals surface area contributed by atoms with Crippen molar-refractivity contribution in [3.8, 4) is 0 Å². The van der Waals surface area contributed by atoms with Crippen LogP contribution in [0.4, 0.5) is 0 Å². The van der Waals surface area contributed by atoms with Crippen molar-refractivity contribution in [1.82, 2.24) is 15.2 Å². The van der Waals surface area contributed by atoms with Gasteiger partial charge >= 0.3 is 0 Å². The molecule has 0 saturated heterocycles. The van der Waals surface area contributed by atoms with Crippen LogP contribution in [0.5, 0.6) is 0 Å². The van der Waals surface area contributed by atoms with Crippen LogP contribution in [-0.2, 0) is 6.42 Å².